The second kappa shape index (κ2) is 8.62. The lowest BCUT2D eigenvalue weighted by Crippen LogP contribution is -2.63. The third kappa shape index (κ3) is 3.93. The Balaban J connectivity index is 1.30. The molecule has 3 aromatic carbocycles. The number of carboxylic acids is 1. The van der Waals surface area contributed by atoms with Gasteiger partial charge in [0.2, 0.25) is 0 Å². The Kier molecular flexibility index (Phi) is 5.50. The van der Waals surface area contributed by atoms with E-state index in [0.29, 0.717) is 12.8 Å². The first-order valence-electron chi connectivity index (χ1n) is 11.2. The molecule has 0 radical (unpaired) electrons. The first kappa shape index (κ1) is 21.1. The summed E-state index contributed by atoms with van der Waals surface area (Å²) < 4.78 is 5.63. The molecule has 2 N–H and O–H groups in total. The van der Waals surface area contributed by atoms with E-state index in [2.05, 4.69) is 29.6 Å². The number of amides is 1. The van der Waals surface area contributed by atoms with Crippen molar-refractivity contribution in [2.24, 2.45) is 0 Å². The van der Waals surface area contributed by atoms with Crippen LogP contribution >= 0.6 is 0 Å². The lowest BCUT2D eigenvalue weighted by atomic mass is 9.88. The molecule has 6 nitrogen and oxygen atoms in total. The second-order valence-corrected chi connectivity index (χ2v) is 8.70. The molecule has 1 fully saturated rings. The lowest BCUT2D eigenvalue weighted by Gasteiger charge is -2.41. The van der Waals surface area contributed by atoms with E-state index in [9.17, 15) is 14.7 Å². The van der Waals surface area contributed by atoms with E-state index >= 15 is 0 Å². The number of benzene rings is 3. The van der Waals surface area contributed by atoms with Gasteiger partial charge in [0.15, 0.2) is 5.54 Å². The quantitative estimate of drug-likeness (QED) is 0.601. The Bertz CT molecular complexity index is 1130. The molecular weight excluding hydrogens is 416 g/mol. The molecule has 1 aliphatic carbocycles. The number of anilines is 1. The average molecular weight is 443 g/mol. The number of hydrogen-bond acceptors (Lipinski definition) is 4. The number of piperidine rings is 1. The number of hydrogen-bond donors (Lipinski definition) is 2. The largest absolute Gasteiger partial charge is 0.479 e. The molecule has 1 heterocycles. The molecule has 2 aliphatic rings. The number of rotatable bonds is 5. The van der Waals surface area contributed by atoms with Crippen molar-refractivity contribution in [1.29, 1.82) is 0 Å². The number of ether oxygens (including phenoxy) is 1. The van der Waals surface area contributed by atoms with Crippen LogP contribution in [0.2, 0.25) is 0 Å². The van der Waals surface area contributed by atoms with E-state index in [1.807, 2.05) is 59.5 Å². The third-order valence-electron chi connectivity index (χ3n) is 6.71. The Hall–Kier alpha value is -3.80. The summed E-state index contributed by atoms with van der Waals surface area (Å²) in [6, 6.07) is 25.9. The van der Waals surface area contributed by atoms with Crippen LogP contribution in [0.3, 0.4) is 0 Å². The molecular formula is C27H26N2O4. The first-order valence-corrected chi connectivity index (χ1v) is 11.2. The summed E-state index contributed by atoms with van der Waals surface area (Å²) in [5.74, 6) is -1.12. The Labute approximate surface area is 192 Å². The van der Waals surface area contributed by atoms with Gasteiger partial charge in [0.25, 0.3) is 0 Å². The molecule has 0 aromatic heterocycles. The molecule has 0 spiro atoms. The zero-order valence-electron chi connectivity index (χ0n) is 18.2. The van der Waals surface area contributed by atoms with Gasteiger partial charge < -0.3 is 20.1 Å². The molecule has 5 rings (SSSR count). The minimum atomic E-state index is -1.39. The molecule has 0 saturated carbocycles. The van der Waals surface area contributed by atoms with Crippen LogP contribution < -0.4 is 10.2 Å². The van der Waals surface area contributed by atoms with Gasteiger partial charge in [-0.15, -0.1) is 0 Å². The average Bonchev–Trinajstić information content (AvgIpc) is 3.17. The molecule has 33 heavy (non-hydrogen) atoms. The van der Waals surface area contributed by atoms with Gasteiger partial charge in [-0.25, -0.2) is 9.59 Å². The monoisotopic (exact) mass is 442 g/mol. The van der Waals surface area contributed by atoms with Crippen molar-refractivity contribution in [3.05, 3.63) is 90.0 Å². The number of carbonyl (C=O) groups is 2. The number of aliphatic carboxylic acids is 1. The van der Waals surface area contributed by atoms with E-state index in [4.69, 9.17) is 4.74 Å². The third-order valence-corrected chi connectivity index (χ3v) is 6.71. The highest BCUT2D eigenvalue weighted by atomic mass is 16.5. The van der Waals surface area contributed by atoms with Crippen LogP contribution in [0, 0.1) is 0 Å². The molecule has 1 atom stereocenters. The van der Waals surface area contributed by atoms with Crippen LogP contribution in [0.5, 0.6) is 0 Å². The fraction of sp³-hybridized carbons (Fsp3) is 0.259. The zero-order valence-corrected chi connectivity index (χ0v) is 18.2. The summed E-state index contributed by atoms with van der Waals surface area (Å²) in [6.45, 7) is 1.08. The molecule has 0 bridgehead atoms. The van der Waals surface area contributed by atoms with Gasteiger partial charge in [-0.1, -0.05) is 66.7 Å². The highest BCUT2D eigenvalue weighted by Gasteiger charge is 2.44. The van der Waals surface area contributed by atoms with Gasteiger partial charge >= 0.3 is 12.1 Å². The van der Waals surface area contributed by atoms with Crippen molar-refractivity contribution in [3.63, 3.8) is 0 Å². The van der Waals surface area contributed by atoms with E-state index in [-0.39, 0.29) is 19.1 Å². The van der Waals surface area contributed by atoms with Crippen molar-refractivity contribution in [3.8, 4) is 11.1 Å². The molecule has 1 amide bonds. The van der Waals surface area contributed by atoms with Crippen molar-refractivity contribution in [2.45, 2.75) is 24.3 Å². The van der Waals surface area contributed by atoms with E-state index < -0.39 is 17.6 Å². The van der Waals surface area contributed by atoms with Crippen molar-refractivity contribution >= 4 is 17.7 Å². The van der Waals surface area contributed by atoms with E-state index in [1.165, 1.54) is 0 Å². The van der Waals surface area contributed by atoms with Crippen LogP contribution in [-0.4, -0.2) is 42.4 Å². The summed E-state index contributed by atoms with van der Waals surface area (Å²) in [5, 5.41) is 12.7. The van der Waals surface area contributed by atoms with Crippen LogP contribution in [0.4, 0.5) is 10.5 Å². The zero-order chi connectivity index (χ0) is 22.8. The molecule has 3 aromatic rings. The molecule has 168 valence electrons. The fourth-order valence-corrected chi connectivity index (χ4v) is 5.07. The topological polar surface area (TPSA) is 78.9 Å². The molecule has 1 unspecified atom stereocenters. The maximum absolute atomic E-state index is 12.8. The van der Waals surface area contributed by atoms with Gasteiger partial charge in [-0.2, -0.15) is 0 Å². The van der Waals surface area contributed by atoms with Crippen LogP contribution in [0.25, 0.3) is 11.1 Å². The highest BCUT2D eigenvalue weighted by molar-refractivity contribution is 5.86. The fourth-order valence-electron chi connectivity index (χ4n) is 5.07. The van der Waals surface area contributed by atoms with Crippen LogP contribution in [0.15, 0.2) is 78.9 Å². The normalized spacial score (nSPS) is 19.5. The first-order chi connectivity index (χ1) is 16.1. The Morgan fingerprint density at radius 1 is 0.939 bits per heavy atom. The SMILES string of the molecule is O=C(NC1(C(=O)O)CCCN(c2ccccc2)C1)OCC1c2ccccc2-c2ccccc21. The van der Waals surface area contributed by atoms with E-state index in [1.54, 1.807) is 0 Å². The van der Waals surface area contributed by atoms with Gasteiger partial charge in [0, 0.05) is 18.2 Å². The Morgan fingerprint density at radius 2 is 1.55 bits per heavy atom. The van der Waals surface area contributed by atoms with Crippen molar-refractivity contribution in [1.82, 2.24) is 5.32 Å². The minimum absolute atomic E-state index is 0.0731. The minimum Gasteiger partial charge on any atom is -0.479 e. The molecule has 1 saturated heterocycles. The van der Waals surface area contributed by atoms with Crippen molar-refractivity contribution < 1.29 is 19.4 Å². The standard InChI is InChI=1S/C27H26N2O4/c30-25(31)27(15-8-16-29(18-27)19-9-2-1-3-10-19)28-26(32)33-17-24-22-13-6-4-11-20(22)21-12-5-7-14-23(21)24/h1-7,9-14,24H,8,15-18H2,(H,28,32)(H,30,31). The van der Waals surface area contributed by atoms with Gasteiger partial charge in [-0.05, 0) is 47.2 Å². The number of fused-ring (bicyclic) bond motifs is 3. The number of carboxylic acid groups (broad SMARTS) is 1. The molecule has 1 aliphatic heterocycles. The summed E-state index contributed by atoms with van der Waals surface area (Å²) in [4.78, 5) is 27.1. The van der Waals surface area contributed by atoms with Gasteiger partial charge in [0.1, 0.15) is 6.61 Å². The van der Waals surface area contributed by atoms with Crippen molar-refractivity contribution in [2.75, 3.05) is 24.6 Å². The Morgan fingerprint density at radius 3 is 2.18 bits per heavy atom. The maximum atomic E-state index is 12.8. The van der Waals surface area contributed by atoms with E-state index in [0.717, 1.165) is 34.5 Å². The smallest absolute Gasteiger partial charge is 0.408 e. The summed E-state index contributed by atoms with van der Waals surface area (Å²) in [5.41, 5.74) is 4.08. The number of nitrogens with one attached hydrogen (secondary N) is 1. The van der Waals surface area contributed by atoms with Crippen LogP contribution in [-0.2, 0) is 9.53 Å². The van der Waals surface area contributed by atoms with Gasteiger partial charge in [0.05, 0.1) is 6.54 Å². The lowest BCUT2D eigenvalue weighted by molar-refractivity contribution is -0.145. The summed E-state index contributed by atoms with van der Waals surface area (Å²) in [7, 11) is 0. The van der Waals surface area contributed by atoms with Crippen LogP contribution in [0.1, 0.15) is 29.9 Å². The highest BCUT2D eigenvalue weighted by Crippen LogP contribution is 2.44. The predicted octanol–water partition coefficient (Wildman–Crippen LogP) is 4.65. The summed E-state index contributed by atoms with van der Waals surface area (Å²) in [6.07, 6.45) is 0.315. The second-order valence-electron chi connectivity index (χ2n) is 8.70. The number of nitrogens with zero attached hydrogens (tertiary/aromatic N) is 1. The van der Waals surface area contributed by atoms with Gasteiger partial charge in [-0.3, -0.25) is 0 Å². The maximum Gasteiger partial charge on any atom is 0.408 e. The predicted molar refractivity (Wildman–Crippen MR) is 126 cm³/mol. The molecule has 6 heteroatoms. The number of para-hydroxylation sites is 1. The summed E-state index contributed by atoms with van der Waals surface area (Å²) >= 11 is 0. The number of alkyl carbamates (subject to hydrolysis) is 1. The number of carbonyl (C=O) groups excluding carboxylic acids is 1.